The molecule has 2 unspecified atom stereocenters. The molecule has 1 heterocycles. The highest BCUT2D eigenvalue weighted by Crippen LogP contribution is 2.01. The van der Waals surface area contributed by atoms with Crippen molar-refractivity contribution < 1.29 is 19.4 Å². The molecule has 0 aromatic carbocycles. The first-order valence-corrected chi connectivity index (χ1v) is 5.81. The number of amides is 1. The summed E-state index contributed by atoms with van der Waals surface area (Å²) in [5.74, 6) is 0.484. The fourth-order valence-electron chi connectivity index (χ4n) is 1.26. The maximum absolute atomic E-state index is 11.7. The van der Waals surface area contributed by atoms with Crippen molar-refractivity contribution in [3.05, 3.63) is 24.2 Å². The van der Waals surface area contributed by atoms with Crippen molar-refractivity contribution in [3.8, 4) is 0 Å². The third-order valence-electron chi connectivity index (χ3n) is 2.54. The van der Waals surface area contributed by atoms with Gasteiger partial charge in [-0.05, 0) is 26.0 Å². The molecule has 4 N–H and O–H groups in total. The number of furan rings is 1. The number of hydrogen-bond donors (Lipinski definition) is 4. The summed E-state index contributed by atoms with van der Waals surface area (Å²) in [5.41, 5.74) is -1.23. The Morgan fingerprint density at radius 1 is 1.61 bits per heavy atom. The van der Waals surface area contributed by atoms with Crippen molar-refractivity contribution in [2.24, 2.45) is 0 Å². The van der Waals surface area contributed by atoms with Crippen molar-refractivity contribution in [2.75, 3.05) is 13.2 Å². The van der Waals surface area contributed by atoms with E-state index in [9.17, 15) is 9.90 Å². The van der Waals surface area contributed by atoms with Gasteiger partial charge in [-0.3, -0.25) is 4.79 Å². The van der Waals surface area contributed by atoms with Crippen molar-refractivity contribution in [1.82, 2.24) is 10.6 Å². The van der Waals surface area contributed by atoms with Gasteiger partial charge in [0, 0.05) is 6.54 Å². The van der Waals surface area contributed by atoms with Gasteiger partial charge >= 0.3 is 0 Å². The van der Waals surface area contributed by atoms with Gasteiger partial charge in [0.2, 0.25) is 5.91 Å². The predicted octanol–water partition coefficient (Wildman–Crippen LogP) is -0.383. The molecule has 6 heteroatoms. The van der Waals surface area contributed by atoms with Crippen LogP contribution < -0.4 is 10.6 Å². The summed E-state index contributed by atoms with van der Waals surface area (Å²) < 4.78 is 5.09. The maximum atomic E-state index is 11.7. The lowest BCUT2D eigenvalue weighted by molar-refractivity contribution is -0.123. The molecule has 1 rings (SSSR count). The van der Waals surface area contributed by atoms with E-state index in [2.05, 4.69) is 10.6 Å². The van der Waals surface area contributed by atoms with Crippen LogP contribution in [0.3, 0.4) is 0 Å². The molecule has 6 nitrogen and oxygen atoms in total. The van der Waals surface area contributed by atoms with Gasteiger partial charge in [0.15, 0.2) is 0 Å². The van der Waals surface area contributed by atoms with Gasteiger partial charge in [-0.2, -0.15) is 0 Å². The molecule has 0 fully saturated rings. The molecular weight excluding hydrogens is 236 g/mol. The second-order valence-electron chi connectivity index (χ2n) is 4.55. The zero-order chi connectivity index (χ0) is 13.6. The number of nitrogens with one attached hydrogen (secondary N) is 2. The number of aliphatic hydroxyl groups excluding tert-OH is 1. The molecular formula is C12H20N2O4. The monoisotopic (exact) mass is 256 g/mol. The number of carbonyl (C=O) groups is 1. The Labute approximate surface area is 106 Å². The minimum Gasteiger partial charge on any atom is -0.467 e. The Morgan fingerprint density at radius 3 is 2.89 bits per heavy atom. The summed E-state index contributed by atoms with van der Waals surface area (Å²) >= 11 is 0. The Morgan fingerprint density at radius 2 is 2.33 bits per heavy atom. The molecule has 0 aliphatic rings. The molecule has 1 amide bonds. The first-order valence-electron chi connectivity index (χ1n) is 5.81. The van der Waals surface area contributed by atoms with Crippen LogP contribution in [0.25, 0.3) is 0 Å². The van der Waals surface area contributed by atoms with Crippen molar-refractivity contribution in [3.63, 3.8) is 0 Å². The second kappa shape index (κ2) is 6.53. The van der Waals surface area contributed by atoms with Gasteiger partial charge in [-0.15, -0.1) is 0 Å². The highest BCUT2D eigenvalue weighted by Gasteiger charge is 2.21. The normalized spacial score (nSPS) is 16.0. The number of aliphatic hydroxyl groups is 2. The van der Waals surface area contributed by atoms with Crippen LogP contribution in [0.2, 0.25) is 0 Å². The molecule has 0 saturated heterocycles. The molecule has 0 saturated carbocycles. The van der Waals surface area contributed by atoms with Gasteiger partial charge < -0.3 is 25.3 Å². The van der Waals surface area contributed by atoms with Gasteiger partial charge in [0.05, 0.1) is 31.1 Å². The average molecular weight is 256 g/mol. The van der Waals surface area contributed by atoms with E-state index in [-0.39, 0.29) is 19.1 Å². The minimum absolute atomic E-state index is 0.138. The smallest absolute Gasteiger partial charge is 0.237 e. The first kappa shape index (κ1) is 14.7. The van der Waals surface area contributed by atoms with Gasteiger partial charge in [0.1, 0.15) is 5.76 Å². The highest BCUT2D eigenvalue weighted by molar-refractivity contribution is 5.81. The third-order valence-corrected chi connectivity index (χ3v) is 2.54. The summed E-state index contributed by atoms with van der Waals surface area (Å²) in [5, 5.41) is 24.0. The molecule has 0 bridgehead atoms. The van der Waals surface area contributed by atoms with Crippen LogP contribution in [0, 0.1) is 0 Å². The minimum atomic E-state index is -1.23. The molecule has 18 heavy (non-hydrogen) atoms. The second-order valence-corrected chi connectivity index (χ2v) is 4.55. The topological polar surface area (TPSA) is 94.7 Å². The van der Waals surface area contributed by atoms with Crippen LogP contribution >= 0.6 is 0 Å². The van der Waals surface area contributed by atoms with E-state index >= 15 is 0 Å². The van der Waals surface area contributed by atoms with Crippen molar-refractivity contribution >= 4 is 5.91 Å². The lowest BCUT2D eigenvalue weighted by atomic mass is 10.1. The van der Waals surface area contributed by atoms with Gasteiger partial charge in [0.25, 0.3) is 0 Å². The molecule has 1 aromatic heterocycles. The summed E-state index contributed by atoms with van der Waals surface area (Å²) in [7, 11) is 0. The van der Waals surface area contributed by atoms with Crippen molar-refractivity contribution in [1.29, 1.82) is 0 Å². The molecule has 0 aliphatic heterocycles. The molecule has 2 atom stereocenters. The van der Waals surface area contributed by atoms with Gasteiger partial charge in [-0.1, -0.05) is 0 Å². The van der Waals surface area contributed by atoms with E-state index in [4.69, 9.17) is 9.52 Å². The summed E-state index contributed by atoms with van der Waals surface area (Å²) in [4.78, 5) is 11.7. The molecule has 0 radical (unpaired) electrons. The van der Waals surface area contributed by atoms with E-state index in [0.717, 1.165) is 0 Å². The van der Waals surface area contributed by atoms with Crippen LogP contribution in [0.15, 0.2) is 22.8 Å². The van der Waals surface area contributed by atoms with E-state index in [1.807, 2.05) is 0 Å². The van der Waals surface area contributed by atoms with E-state index in [0.29, 0.717) is 12.3 Å². The third kappa shape index (κ3) is 4.87. The Kier molecular flexibility index (Phi) is 5.33. The van der Waals surface area contributed by atoms with Crippen LogP contribution in [-0.4, -0.2) is 40.9 Å². The summed E-state index contributed by atoms with van der Waals surface area (Å²) in [6.07, 6.45) is 1.54. The highest BCUT2D eigenvalue weighted by atomic mass is 16.3. The van der Waals surface area contributed by atoms with Crippen LogP contribution in [-0.2, 0) is 11.3 Å². The lowest BCUT2D eigenvalue weighted by Gasteiger charge is -2.23. The molecule has 102 valence electrons. The SMILES string of the molecule is CC(NCC(C)(O)CO)C(=O)NCc1ccco1. The molecule has 1 aromatic rings. The van der Waals surface area contributed by atoms with E-state index in [1.54, 1.807) is 25.3 Å². The molecule has 0 aliphatic carbocycles. The first-order chi connectivity index (χ1) is 8.44. The largest absolute Gasteiger partial charge is 0.467 e. The van der Waals surface area contributed by atoms with Crippen LogP contribution in [0.1, 0.15) is 19.6 Å². The quantitative estimate of drug-likeness (QED) is 0.533. The number of rotatable bonds is 7. The van der Waals surface area contributed by atoms with E-state index < -0.39 is 11.6 Å². The zero-order valence-electron chi connectivity index (χ0n) is 10.6. The standard InChI is InChI=1S/C12H20N2O4/c1-9(14-7-12(2,17)8-15)11(16)13-6-10-4-3-5-18-10/h3-5,9,14-15,17H,6-8H2,1-2H3,(H,13,16). The Bertz CT molecular complexity index is 362. The zero-order valence-corrected chi connectivity index (χ0v) is 10.6. The van der Waals surface area contributed by atoms with E-state index in [1.165, 1.54) is 6.92 Å². The van der Waals surface area contributed by atoms with Crippen LogP contribution in [0.5, 0.6) is 0 Å². The molecule has 0 spiro atoms. The fourth-order valence-corrected chi connectivity index (χ4v) is 1.26. The number of carbonyl (C=O) groups excluding carboxylic acids is 1. The fraction of sp³-hybridized carbons (Fsp3) is 0.583. The maximum Gasteiger partial charge on any atom is 0.237 e. The van der Waals surface area contributed by atoms with Crippen molar-refractivity contribution in [2.45, 2.75) is 32.0 Å². The summed E-state index contributed by atoms with van der Waals surface area (Å²) in [6.45, 7) is 3.28. The average Bonchev–Trinajstić information content (AvgIpc) is 2.86. The van der Waals surface area contributed by atoms with Crippen LogP contribution in [0.4, 0.5) is 0 Å². The summed E-state index contributed by atoms with van der Waals surface area (Å²) in [6, 6.07) is 3.06. The Balaban J connectivity index is 2.29. The van der Waals surface area contributed by atoms with Gasteiger partial charge in [-0.25, -0.2) is 0 Å². The lowest BCUT2D eigenvalue weighted by Crippen LogP contribution is -2.49. The predicted molar refractivity (Wildman–Crippen MR) is 65.7 cm³/mol. The number of hydrogen-bond acceptors (Lipinski definition) is 5. The Hall–Kier alpha value is -1.37.